The first-order chi connectivity index (χ1) is 7.84. The summed E-state index contributed by atoms with van der Waals surface area (Å²) in [5, 5.41) is 0. The summed E-state index contributed by atoms with van der Waals surface area (Å²) in [5.41, 5.74) is 5.72. The molecule has 17 heavy (non-hydrogen) atoms. The Morgan fingerprint density at radius 3 is 2.18 bits per heavy atom. The number of alkyl halides is 3. The molecule has 2 nitrogen and oxygen atoms in total. The van der Waals surface area contributed by atoms with E-state index in [-0.39, 0.29) is 6.54 Å². The molecule has 1 atom stereocenters. The minimum absolute atomic E-state index is 0.0711. The quantitative estimate of drug-likeness (QED) is 0.830. The van der Waals surface area contributed by atoms with Gasteiger partial charge in [-0.2, -0.15) is 13.2 Å². The van der Waals surface area contributed by atoms with Gasteiger partial charge in [-0.3, -0.25) is 4.90 Å². The molecule has 1 unspecified atom stereocenters. The highest BCUT2D eigenvalue weighted by Gasteiger charge is 2.41. The van der Waals surface area contributed by atoms with E-state index in [9.17, 15) is 17.6 Å². The van der Waals surface area contributed by atoms with Crippen LogP contribution in [0.25, 0.3) is 0 Å². The molecule has 96 valence electrons. The van der Waals surface area contributed by atoms with E-state index in [0.29, 0.717) is 5.56 Å². The molecule has 0 saturated carbocycles. The molecule has 2 N–H and O–H groups in total. The number of hydrogen-bond donors (Lipinski definition) is 1. The van der Waals surface area contributed by atoms with E-state index >= 15 is 0 Å². The normalized spacial score (nSPS) is 14.1. The molecule has 0 fully saturated rings. The smallest absolute Gasteiger partial charge is 0.329 e. The first kappa shape index (κ1) is 13.9. The van der Waals surface area contributed by atoms with Crippen molar-refractivity contribution in [2.45, 2.75) is 18.8 Å². The van der Waals surface area contributed by atoms with Gasteiger partial charge in [0.25, 0.3) is 0 Å². The molecule has 0 bridgehead atoms. The van der Waals surface area contributed by atoms with Gasteiger partial charge in [0.2, 0.25) is 0 Å². The Morgan fingerprint density at radius 2 is 1.76 bits per heavy atom. The van der Waals surface area contributed by atoms with Crippen molar-refractivity contribution in [1.29, 1.82) is 0 Å². The van der Waals surface area contributed by atoms with Crippen LogP contribution in [0.15, 0.2) is 24.3 Å². The molecule has 1 aromatic rings. The third-order valence-corrected chi connectivity index (χ3v) is 2.48. The van der Waals surface area contributed by atoms with Crippen LogP contribution in [0.2, 0.25) is 0 Å². The highest BCUT2D eigenvalue weighted by molar-refractivity contribution is 5.16. The van der Waals surface area contributed by atoms with Crippen molar-refractivity contribution in [3.63, 3.8) is 0 Å². The Hall–Kier alpha value is -1.14. The van der Waals surface area contributed by atoms with Crippen LogP contribution in [0, 0.1) is 5.82 Å². The van der Waals surface area contributed by atoms with Gasteiger partial charge in [-0.1, -0.05) is 12.1 Å². The SMILES string of the molecule is CN(Cc1ccc(F)cc1)C(CN)C(F)(F)F. The summed E-state index contributed by atoms with van der Waals surface area (Å²) in [4.78, 5) is 1.10. The van der Waals surface area contributed by atoms with Gasteiger partial charge in [-0.15, -0.1) is 0 Å². The van der Waals surface area contributed by atoms with E-state index < -0.39 is 24.6 Å². The number of hydrogen-bond acceptors (Lipinski definition) is 2. The summed E-state index contributed by atoms with van der Waals surface area (Å²) in [6, 6.07) is 3.65. The Kier molecular flexibility index (Phi) is 4.47. The molecule has 0 aliphatic carbocycles. The van der Waals surface area contributed by atoms with Crippen molar-refractivity contribution in [3.8, 4) is 0 Å². The van der Waals surface area contributed by atoms with Gasteiger partial charge in [-0.05, 0) is 24.7 Å². The zero-order valence-electron chi connectivity index (χ0n) is 9.34. The second-order valence-electron chi connectivity index (χ2n) is 3.83. The molecule has 0 aromatic heterocycles. The lowest BCUT2D eigenvalue weighted by Gasteiger charge is -2.28. The molecular weight excluding hydrogens is 236 g/mol. The molecule has 0 aliphatic heterocycles. The highest BCUT2D eigenvalue weighted by Crippen LogP contribution is 2.24. The van der Waals surface area contributed by atoms with E-state index in [1.807, 2.05) is 0 Å². The zero-order valence-corrected chi connectivity index (χ0v) is 9.34. The average Bonchev–Trinajstić information content (AvgIpc) is 2.20. The maximum Gasteiger partial charge on any atom is 0.405 e. The minimum Gasteiger partial charge on any atom is -0.329 e. The number of nitrogens with two attached hydrogens (primary N) is 1. The second-order valence-corrected chi connectivity index (χ2v) is 3.83. The minimum atomic E-state index is -4.36. The van der Waals surface area contributed by atoms with Crippen LogP contribution in [0.3, 0.4) is 0 Å². The lowest BCUT2D eigenvalue weighted by Crippen LogP contribution is -2.48. The van der Waals surface area contributed by atoms with Crippen LogP contribution in [0.5, 0.6) is 0 Å². The van der Waals surface area contributed by atoms with Crippen molar-refractivity contribution >= 4 is 0 Å². The molecule has 0 heterocycles. The van der Waals surface area contributed by atoms with E-state index in [0.717, 1.165) is 4.90 Å². The standard InChI is InChI=1S/C11H14F4N2/c1-17(10(6-16)11(13,14)15)7-8-2-4-9(12)5-3-8/h2-5,10H,6-7,16H2,1H3. The van der Waals surface area contributed by atoms with Crippen molar-refractivity contribution in [3.05, 3.63) is 35.6 Å². The summed E-state index contributed by atoms with van der Waals surface area (Å²) in [5.74, 6) is -0.414. The van der Waals surface area contributed by atoms with Crippen molar-refractivity contribution in [2.75, 3.05) is 13.6 Å². The molecule has 0 aliphatic rings. The predicted octanol–water partition coefficient (Wildman–Crippen LogP) is 2.15. The van der Waals surface area contributed by atoms with E-state index in [1.54, 1.807) is 0 Å². The molecule has 0 saturated heterocycles. The van der Waals surface area contributed by atoms with Gasteiger partial charge in [0.1, 0.15) is 11.9 Å². The van der Waals surface area contributed by atoms with Crippen LogP contribution >= 0.6 is 0 Å². The first-order valence-electron chi connectivity index (χ1n) is 5.06. The fourth-order valence-electron chi connectivity index (χ4n) is 1.55. The molecule has 1 rings (SSSR count). The van der Waals surface area contributed by atoms with Crippen LogP contribution < -0.4 is 5.73 Å². The summed E-state index contributed by atoms with van der Waals surface area (Å²) in [7, 11) is 1.34. The Balaban J connectivity index is 2.70. The van der Waals surface area contributed by atoms with Crippen LogP contribution in [0.1, 0.15) is 5.56 Å². The summed E-state index contributed by atoms with van der Waals surface area (Å²) < 4.78 is 50.3. The van der Waals surface area contributed by atoms with Gasteiger partial charge in [0, 0.05) is 13.1 Å². The van der Waals surface area contributed by atoms with Gasteiger partial charge in [-0.25, -0.2) is 4.39 Å². The lowest BCUT2D eigenvalue weighted by atomic mass is 10.1. The van der Waals surface area contributed by atoms with E-state index in [1.165, 1.54) is 31.3 Å². The average molecular weight is 250 g/mol. The Labute approximate surface area is 97.0 Å². The number of rotatable bonds is 4. The maximum atomic E-state index is 12.6. The van der Waals surface area contributed by atoms with E-state index in [4.69, 9.17) is 5.73 Å². The third-order valence-electron chi connectivity index (χ3n) is 2.48. The highest BCUT2D eigenvalue weighted by atomic mass is 19.4. The number of likely N-dealkylation sites (N-methyl/N-ethyl adjacent to an activating group) is 1. The first-order valence-corrected chi connectivity index (χ1v) is 5.06. The van der Waals surface area contributed by atoms with Gasteiger partial charge >= 0.3 is 6.18 Å². The molecular formula is C11H14F4N2. The lowest BCUT2D eigenvalue weighted by molar-refractivity contribution is -0.178. The van der Waals surface area contributed by atoms with Gasteiger partial charge in [0.15, 0.2) is 0 Å². The van der Waals surface area contributed by atoms with Crippen LogP contribution in [-0.4, -0.2) is 30.7 Å². The molecule has 0 spiro atoms. The second kappa shape index (κ2) is 5.46. The van der Waals surface area contributed by atoms with E-state index in [2.05, 4.69) is 0 Å². The summed E-state index contributed by atoms with van der Waals surface area (Å²) in [6.07, 6.45) is -4.36. The Morgan fingerprint density at radius 1 is 1.24 bits per heavy atom. The van der Waals surface area contributed by atoms with Crippen molar-refractivity contribution in [1.82, 2.24) is 4.90 Å². The summed E-state index contributed by atoms with van der Waals surface area (Å²) >= 11 is 0. The van der Waals surface area contributed by atoms with Gasteiger partial charge < -0.3 is 5.73 Å². The fourth-order valence-corrected chi connectivity index (χ4v) is 1.55. The Bertz CT molecular complexity index is 347. The number of halogens is 4. The number of nitrogens with zero attached hydrogens (tertiary/aromatic N) is 1. The summed E-state index contributed by atoms with van der Waals surface area (Å²) in [6.45, 7) is -0.428. The van der Waals surface area contributed by atoms with Crippen LogP contribution in [-0.2, 0) is 6.54 Å². The van der Waals surface area contributed by atoms with Gasteiger partial charge in [0.05, 0.1) is 0 Å². The fraction of sp³-hybridized carbons (Fsp3) is 0.455. The van der Waals surface area contributed by atoms with Crippen molar-refractivity contribution < 1.29 is 17.6 Å². The van der Waals surface area contributed by atoms with Crippen molar-refractivity contribution in [2.24, 2.45) is 5.73 Å². The van der Waals surface area contributed by atoms with Crippen LogP contribution in [0.4, 0.5) is 17.6 Å². The predicted molar refractivity (Wildman–Crippen MR) is 56.8 cm³/mol. The maximum absolute atomic E-state index is 12.6. The zero-order chi connectivity index (χ0) is 13.1. The molecule has 1 aromatic carbocycles. The third kappa shape index (κ3) is 3.98. The molecule has 0 radical (unpaired) electrons. The largest absolute Gasteiger partial charge is 0.405 e. The monoisotopic (exact) mass is 250 g/mol. The molecule has 0 amide bonds. The number of benzene rings is 1. The topological polar surface area (TPSA) is 29.3 Å². The molecule has 6 heteroatoms.